The first-order valence-corrected chi connectivity index (χ1v) is 6.58. The number of aromatic nitrogens is 2. The summed E-state index contributed by atoms with van der Waals surface area (Å²) < 4.78 is 5.83. The molecule has 1 atom stereocenters. The topological polar surface area (TPSA) is 47.0 Å². The van der Waals surface area contributed by atoms with Crippen LogP contribution in [-0.2, 0) is 0 Å². The second-order valence-electron chi connectivity index (χ2n) is 4.84. The lowest BCUT2D eigenvalue weighted by Crippen LogP contribution is -2.20. The van der Waals surface area contributed by atoms with E-state index in [1.54, 1.807) is 12.4 Å². The number of hydrogen-bond acceptors (Lipinski definition) is 4. The molecule has 0 saturated carbocycles. The lowest BCUT2D eigenvalue weighted by atomic mass is 10.1. The molecule has 1 aliphatic heterocycles. The highest BCUT2D eigenvalue weighted by Crippen LogP contribution is 2.20. The predicted molar refractivity (Wildman–Crippen MR) is 74.1 cm³/mol. The molecule has 0 radical (unpaired) electrons. The van der Waals surface area contributed by atoms with Crippen LogP contribution in [0.15, 0.2) is 36.7 Å². The first kappa shape index (κ1) is 12.1. The van der Waals surface area contributed by atoms with E-state index in [2.05, 4.69) is 34.3 Å². The van der Waals surface area contributed by atoms with Gasteiger partial charge in [0.1, 0.15) is 6.10 Å². The first-order valence-electron chi connectivity index (χ1n) is 6.58. The van der Waals surface area contributed by atoms with Crippen molar-refractivity contribution < 1.29 is 4.74 Å². The second-order valence-corrected chi connectivity index (χ2v) is 4.84. The Morgan fingerprint density at radius 1 is 1.32 bits per heavy atom. The molecular formula is C15H17N3O. The molecule has 4 nitrogen and oxygen atoms in total. The van der Waals surface area contributed by atoms with E-state index in [1.807, 2.05) is 12.1 Å². The van der Waals surface area contributed by atoms with Crippen LogP contribution < -0.4 is 10.1 Å². The molecule has 1 N–H and O–H groups in total. The Balaban J connectivity index is 1.82. The van der Waals surface area contributed by atoms with E-state index in [0.29, 0.717) is 5.88 Å². The van der Waals surface area contributed by atoms with E-state index in [-0.39, 0.29) is 6.10 Å². The minimum atomic E-state index is 0.210. The molecule has 98 valence electrons. The summed E-state index contributed by atoms with van der Waals surface area (Å²) in [5, 5.41) is 3.27. The summed E-state index contributed by atoms with van der Waals surface area (Å²) >= 11 is 0. The number of nitrogens with zero attached hydrogens (tertiary/aromatic N) is 2. The van der Waals surface area contributed by atoms with Gasteiger partial charge < -0.3 is 10.1 Å². The number of benzene rings is 1. The van der Waals surface area contributed by atoms with Crippen molar-refractivity contribution in [1.82, 2.24) is 15.3 Å². The number of aryl methyl sites for hydroxylation is 1. The molecule has 3 rings (SSSR count). The van der Waals surface area contributed by atoms with Crippen LogP contribution in [0.3, 0.4) is 0 Å². The summed E-state index contributed by atoms with van der Waals surface area (Å²) in [7, 11) is 0. The molecule has 4 heteroatoms. The molecule has 0 spiro atoms. The average Bonchev–Trinajstić information content (AvgIpc) is 2.92. The van der Waals surface area contributed by atoms with Crippen LogP contribution in [0.5, 0.6) is 5.88 Å². The average molecular weight is 255 g/mol. The molecule has 1 unspecified atom stereocenters. The van der Waals surface area contributed by atoms with Gasteiger partial charge in [-0.1, -0.05) is 23.8 Å². The van der Waals surface area contributed by atoms with Crippen molar-refractivity contribution in [3.63, 3.8) is 0 Å². The minimum absolute atomic E-state index is 0.210. The fourth-order valence-corrected chi connectivity index (χ4v) is 2.25. The van der Waals surface area contributed by atoms with Gasteiger partial charge in [-0.05, 0) is 26.0 Å². The molecule has 2 heterocycles. The Hall–Kier alpha value is -1.94. The van der Waals surface area contributed by atoms with Crippen molar-refractivity contribution in [3.05, 3.63) is 42.2 Å². The minimum Gasteiger partial charge on any atom is -0.472 e. The van der Waals surface area contributed by atoms with E-state index in [0.717, 1.165) is 30.8 Å². The molecule has 2 aromatic rings. The van der Waals surface area contributed by atoms with E-state index in [4.69, 9.17) is 4.74 Å². The smallest absolute Gasteiger partial charge is 0.233 e. The van der Waals surface area contributed by atoms with Crippen molar-refractivity contribution in [2.24, 2.45) is 0 Å². The molecule has 0 bridgehead atoms. The van der Waals surface area contributed by atoms with Crippen LogP contribution >= 0.6 is 0 Å². The van der Waals surface area contributed by atoms with Gasteiger partial charge in [0.15, 0.2) is 0 Å². The van der Waals surface area contributed by atoms with Gasteiger partial charge in [0.05, 0.1) is 18.1 Å². The van der Waals surface area contributed by atoms with E-state index < -0.39 is 0 Å². The summed E-state index contributed by atoms with van der Waals surface area (Å²) in [4.78, 5) is 8.76. The van der Waals surface area contributed by atoms with Crippen molar-refractivity contribution in [2.45, 2.75) is 19.4 Å². The molecule has 1 saturated heterocycles. The SMILES string of the molecule is Cc1cccc(-c2cncc(OC3CCNC3)n2)c1. The molecular weight excluding hydrogens is 238 g/mol. The van der Waals surface area contributed by atoms with Crippen molar-refractivity contribution in [1.29, 1.82) is 0 Å². The van der Waals surface area contributed by atoms with Gasteiger partial charge >= 0.3 is 0 Å². The predicted octanol–water partition coefficient (Wildman–Crippen LogP) is 2.19. The van der Waals surface area contributed by atoms with Crippen LogP contribution in [0, 0.1) is 6.92 Å². The third-order valence-corrected chi connectivity index (χ3v) is 3.23. The van der Waals surface area contributed by atoms with E-state index in [1.165, 1.54) is 5.56 Å². The Bertz CT molecular complexity index is 565. The molecule has 1 fully saturated rings. The normalized spacial score (nSPS) is 18.5. The molecule has 0 amide bonds. The fraction of sp³-hybridized carbons (Fsp3) is 0.333. The van der Waals surface area contributed by atoms with Gasteiger partial charge in [-0.3, -0.25) is 4.98 Å². The summed E-state index contributed by atoms with van der Waals surface area (Å²) in [5.74, 6) is 0.604. The van der Waals surface area contributed by atoms with Crippen LogP contribution in [0.25, 0.3) is 11.3 Å². The van der Waals surface area contributed by atoms with Crippen LogP contribution in [0.1, 0.15) is 12.0 Å². The van der Waals surface area contributed by atoms with Crippen molar-refractivity contribution >= 4 is 0 Å². The molecule has 0 aliphatic carbocycles. The first-order chi connectivity index (χ1) is 9.31. The molecule has 1 aromatic carbocycles. The van der Waals surface area contributed by atoms with Crippen molar-refractivity contribution in [2.75, 3.05) is 13.1 Å². The zero-order chi connectivity index (χ0) is 13.1. The maximum absolute atomic E-state index is 5.83. The Morgan fingerprint density at radius 3 is 3.05 bits per heavy atom. The maximum atomic E-state index is 5.83. The highest BCUT2D eigenvalue weighted by molar-refractivity contribution is 5.59. The molecule has 1 aliphatic rings. The third kappa shape index (κ3) is 2.90. The van der Waals surface area contributed by atoms with Gasteiger partial charge in [-0.15, -0.1) is 0 Å². The third-order valence-electron chi connectivity index (χ3n) is 3.23. The monoisotopic (exact) mass is 255 g/mol. The number of nitrogens with one attached hydrogen (secondary N) is 1. The number of ether oxygens (including phenoxy) is 1. The van der Waals surface area contributed by atoms with Gasteiger partial charge in [0.25, 0.3) is 0 Å². The van der Waals surface area contributed by atoms with Crippen LogP contribution in [-0.4, -0.2) is 29.2 Å². The molecule has 1 aromatic heterocycles. The zero-order valence-electron chi connectivity index (χ0n) is 11.0. The number of rotatable bonds is 3. The zero-order valence-corrected chi connectivity index (χ0v) is 11.0. The van der Waals surface area contributed by atoms with E-state index >= 15 is 0 Å². The largest absolute Gasteiger partial charge is 0.472 e. The summed E-state index contributed by atoms with van der Waals surface area (Å²) in [6, 6.07) is 8.24. The standard InChI is InChI=1S/C15H17N3O/c1-11-3-2-4-12(7-11)14-9-17-10-15(18-14)19-13-5-6-16-8-13/h2-4,7,9-10,13,16H,5-6,8H2,1H3. The maximum Gasteiger partial charge on any atom is 0.233 e. The van der Waals surface area contributed by atoms with Gasteiger partial charge in [-0.25, -0.2) is 4.98 Å². The molecule has 19 heavy (non-hydrogen) atoms. The van der Waals surface area contributed by atoms with Gasteiger partial charge in [0.2, 0.25) is 5.88 Å². The summed E-state index contributed by atoms with van der Waals surface area (Å²) in [6.45, 7) is 3.97. The van der Waals surface area contributed by atoms with Crippen LogP contribution in [0.4, 0.5) is 0 Å². The number of hydrogen-bond donors (Lipinski definition) is 1. The quantitative estimate of drug-likeness (QED) is 0.913. The van der Waals surface area contributed by atoms with Crippen molar-refractivity contribution in [3.8, 4) is 17.1 Å². The summed E-state index contributed by atoms with van der Waals surface area (Å²) in [5.41, 5.74) is 3.14. The highest BCUT2D eigenvalue weighted by atomic mass is 16.5. The Morgan fingerprint density at radius 2 is 2.26 bits per heavy atom. The highest BCUT2D eigenvalue weighted by Gasteiger charge is 2.16. The second kappa shape index (κ2) is 5.36. The van der Waals surface area contributed by atoms with Gasteiger partial charge in [-0.2, -0.15) is 0 Å². The van der Waals surface area contributed by atoms with Gasteiger partial charge in [0, 0.05) is 12.1 Å². The lowest BCUT2D eigenvalue weighted by molar-refractivity contribution is 0.213. The summed E-state index contributed by atoms with van der Waals surface area (Å²) in [6.07, 6.45) is 4.68. The van der Waals surface area contributed by atoms with E-state index in [9.17, 15) is 0 Å². The lowest BCUT2D eigenvalue weighted by Gasteiger charge is -2.11. The Kier molecular flexibility index (Phi) is 3.42. The fourth-order valence-electron chi connectivity index (χ4n) is 2.25. The van der Waals surface area contributed by atoms with Crippen LogP contribution in [0.2, 0.25) is 0 Å². The Labute approximate surface area is 112 Å².